The molecule has 0 N–H and O–H groups in total. The van der Waals surface area contributed by atoms with Crippen LogP contribution in [0, 0.1) is 9.39 Å². The van der Waals surface area contributed by atoms with E-state index in [9.17, 15) is 9.18 Å². The summed E-state index contributed by atoms with van der Waals surface area (Å²) in [6.45, 7) is 0. The molecule has 1 aromatic heterocycles. The number of hydrogen-bond donors (Lipinski definition) is 0. The Kier molecular flexibility index (Phi) is 2.86. The Morgan fingerprint density at radius 3 is 2.47 bits per heavy atom. The van der Waals surface area contributed by atoms with Gasteiger partial charge in [-0.2, -0.15) is 0 Å². The van der Waals surface area contributed by atoms with Crippen molar-refractivity contribution >= 4 is 22.6 Å². The monoisotopic (exact) mass is 315 g/mol. The van der Waals surface area contributed by atoms with Crippen molar-refractivity contribution in [2.24, 2.45) is 0 Å². The highest BCUT2D eigenvalue weighted by Gasteiger charge is 2.03. The van der Waals surface area contributed by atoms with Crippen LogP contribution < -0.4 is 5.56 Å². The van der Waals surface area contributed by atoms with E-state index in [4.69, 9.17) is 0 Å². The lowest BCUT2D eigenvalue weighted by atomic mass is 10.3. The minimum Gasteiger partial charge on any atom is -0.282 e. The van der Waals surface area contributed by atoms with E-state index in [1.54, 1.807) is 18.3 Å². The lowest BCUT2D eigenvalue weighted by Gasteiger charge is -2.04. The molecule has 0 fully saturated rings. The van der Waals surface area contributed by atoms with Crippen LogP contribution in [0.3, 0.4) is 0 Å². The van der Waals surface area contributed by atoms with Crippen molar-refractivity contribution in [3.05, 3.63) is 62.3 Å². The maximum Gasteiger partial charge on any atom is 0.291 e. The summed E-state index contributed by atoms with van der Waals surface area (Å²) in [5.41, 5.74) is 0.0404. The molecule has 0 atom stereocenters. The third-order valence-corrected chi connectivity index (χ3v) is 2.72. The van der Waals surface area contributed by atoms with E-state index in [0.717, 1.165) is 9.64 Å². The first-order chi connectivity index (χ1) is 7.18. The average Bonchev–Trinajstić information content (AvgIpc) is 2.24. The van der Waals surface area contributed by atoms with Crippen molar-refractivity contribution in [3.63, 3.8) is 0 Å². The maximum atomic E-state index is 13.0. The Labute approximate surface area is 99.5 Å². The summed E-state index contributed by atoms with van der Waals surface area (Å²) in [5, 5.41) is 0. The fraction of sp³-hybridized carbons (Fsp3) is 0. The average molecular weight is 315 g/mol. The van der Waals surface area contributed by atoms with Crippen molar-refractivity contribution in [2.45, 2.75) is 0 Å². The zero-order chi connectivity index (χ0) is 10.8. The first-order valence-electron chi connectivity index (χ1n) is 4.31. The topological polar surface area (TPSA) is 22.0 Å². The highest BCUT2D eigenvalue weighted by atomic mass is 127. The second-order valence-corrected chi connectivity index (χ2v) is 4.25. The van der Waals surface area contributed by atoms with E-state index in [0.29, 0.717) is 5.69 Å². The van der Waals surface area contributed by atoms with Gasteiger partial charge >= 0.3 is 0 Å². The van der Waals surface area contributed by atoms with Crippen LogP contribution in [0.2, 0.25) is 0 Å². The normalized spacial score (nSPS) is 10.3. The van der Waals surface area contributed by atoms with Gasteiger partial charge in [-0.25, -0.2) is 4.39 Å². The Morgan fingerprint density at radius 2 is 1.80 bits per heavy atom. The van der Waals surface area contributed by atoms with Crippen LogP contribution in [-0.4, -0.2) is 4.57 Å². The Hall–Kier alpha value is -1.17. The first-order valence-corrected chi connectivity index (χ1v) is 5.39. The van der Waals surface area contributed by atoms with Crippen LogP contribution in [-0.2, 0) is 0 Å². The molecule has 0 saturated carbocycles. The predicted molar refractivity (Wildman–Crippen MR) is 64.7 cm³/mol. The Balaban J connectivity index is 2.59. The Bertz CT molecular complexity index is 533. The SMILES string of the molecule is O=c1c(F)cccn1-c1ccc(I)cc1. The lowest BCUT2D eigenvalue weighted by molar-refractivity contribution is 0.599. The van der Waals surface area contributed by atoms with Crippen molar-refractivity contribution in [1.29, 1.82) is 0 Å². The largest absolute Gasteiger partial charge is 0.291 e. The fourth-order valence-electron chi connectivity index (χ4n) is 1.27. The van der Waals surface area contributed by atoms with Crippen molar-refractivity contribution in [1.82, 2.24) is 4.57 Å². The van der Waals surface area contributed by atoms with Crippen LogP contribution in [0.4, 0.5) is 4.39 Å². The molecule has 0 amide bonds. The number of pyridine rings is 1. The van der Waals surface area contributed by atoms with Gasteiger partial charge in [0.2, 0.25) is 0 Å². The summed E-state index contributed by atoms with van der Waals surface area (Å²) >= 11 is 2.17. The quantitative estimate of drug-likeness (QED) is 0.742. The molecule has 0 aliphatic heterocycles. The van der Waals surface area contributed by atoms with Gasteiger partial charge in [-0.05, 0) is 59.0 Å². The zero-order valence-electron chi connectivity index (χ0n) is 7.65. The molecule has 1 heterocycles. The highest BCUT2D eigenvalue weighted by molar-refractivity contribution is 14.1. The first kappa shape index (κ1) is 10.4. The molecule has 2 aromatic rings. The van der Waals surface area contributed by atoms with Crippen molar-refractivity contribution < 1.29 is 4.39 Å². The van der Waals surface area contributed by atoms with Gasteiger partial charge in [0.05, 0.1) is 0 Å². The molecule has 0 saturated heterocycles. The Morgan fingerprint density at radius 1 is 1.13 bits per heavy atom. The molecule has 15 heavy (non-hydrogen) atoms. The van der Waals surface area contributed by atoms with Gasteiger partial charge < -0.3 is 0 Å². The van der Waals surface area contributed by atoms with Crippen LogP contribution in [0.1, 0.15) is 0 Å². The van der Waals surface area contributed by atoms with Crippen molar-refractivity contribution in [3.8, 4) is 5.69 Å². The van der Waals surface area contributed by atoms with E-state index in [2.05, 4.69) is 22.6 Å². The maximum absolute atomic E-state index is 13.0. The third kappa shape index (κ3) is 2.09. The summed E-state index contributed by atoms with van der Waals surface area (Å²) in [6.07, 6.45) is 1.55. The van der Waals surface area contributed by atoms with E-state index in [1.807, 2.05) is 12.1 Å². The summed E-state index contributed by atoms with van der Waals surface area (Å²) in [4.78, 5) is 11.4. The van der Waals surface area contributed by atoms with E-state index < -0.39 is 11.4 Å². The number of nitrogens with zero attached hydrogens (tertiary/aromatic N) is 1. The molecule has 0 unspecified atom stereocenters. The van der Waals surface area contributed by atoms with Gasteiger partial charge in [0.25, 0.3) is 5.56 Å². The van der Waals surface area contributed by atoms with Gasteiger partial charge in [-0.15, -0.1) is 0 Å². The molecule has 0 bridgehead atoms. The predicted octanol–water partition coefficient (Wildman–Crippen LogP) is 2.58. The van der Waals surface area contributed by atoms with Gasteiger partial charge in [0.15, 0.2) is 5.82 Å². The summed E-state index contributed by atoms with van der Waals surface area (Å²) in [6, 6.07) is 9.96. The molecule has 0 radical (unpaired) electrons. The lowest BCUT2D eigenvalue weighted by Crippen LogP contribution is -2.20. The number of hydrogen-bond acceptors (Lipinski definition) is 1. The number of aromatic nitrogens is 1. The van der Waals surface area contributed by atoms with E-state index in [1.165, 1.54) is 10.6 Å². The minimum atomic E-state index is -0.740. The molecule has 0 aliphatic carbocycles. The molecule has 76 valence electrons. The van der Waals surface area contributed by atoms with E-state index >= 15 is 0 Å². The fourth-order valence-corrected chi connectivity index (χ4v) is 1.63. The van der Waals surface area contributed by atoms with Crippen LogP contribution >= 0.6 is 22.6 Å². The summed E-state index contributed by atoms with van der Waals surface area (Å²) < 4.78 is 15.4. The third-order valence-electron chi connectivity index (χ3n) is 2.01. The summed E-state index contributed by atoms with van der Waals surface area (Å²) in [5.74, 6) is -0.740. The molecule has 2 nitrogen and oxygen atoms in total. The number of benzene rings is 1. The zero-order valence-corrected chi connectivity index (χ0v) is 9.81. The van der Waals surface area contributed by atoms with Crippen molar-refractivity contribution in [2.75, 3.05) is 0 Å². The smallest absolute Gasteiger partial charge is 0.282 e. The van der Waals surface area contributed by atoms with Gasteiger partial charge in [-0.1, -0.05) is 0 Å². The molecular formula is C11H7FINO. The van der Waals surface area contributed by atoms with Gasteiger partial charge in [0.1, 0.15) is 0 Å². The standard InChI is InChI=1S/C11H7FINO/c12-10-2-1-7-14(11(10)15)9-5-3-8(13)4-6-9/h1-7H. The molecule has 1 aromatic carbocycles. The van der Waals surface area contributed by atoms with Crippen LogP contribution in [0.15, 0.2) is 47.4 Å². The molecule has 2 rings (SSSR count). The highest BCUT2D eigenvalue weighted by Crippen LogP contribution is 2.09. The number of halogens is 2. The second kappa shape index (κ2) is 4.14. The van der Waals surface area contributed by atoms with E-state index in [-0.39, 0.29) is 0 Å². The minimum absolute atomic E-state index is 0.626. The molecule has 0 spiro atoms. The molecule has 4 heteroatoms. The summed E-state index contributed by atoms with van der Waals surface area (Å²) in [7, 11) is 0. The van der Waals surface area contributed by atoms with Gasteiger partial charge in [-0.3, -0.25) is 9.36 Å². The molecular weight excluding hydrogens is 308 g/mol. The van der Waals surface area contributed by atoms with Crippen LogP contribution in [0.25, 0.3) is 5.69 Å². The van der Waals surface area contributed by atoms with Crippen LogP contribution in [0.5, 0.6) is 0 Å². The molecule has 0 aliphatic rings. The number of rotatable bonds is 1. The van der Waals surface area contributed by atoms with Gasteiger partial charge in [0, 0.05) is 15.5 Å². The second-order valence-electron chi connectivity index (χ2n) is 3.01.